The molecular weight excluding hydrogens is 623 g/mol. The molecule has 3 aromatic rings. The van der Waals surface area contributed by atoms with E-state index in [0.29, 0.717) is 65.2 Å². The molecule has 7 rings (SSSR count). The average Bonchev–Trinajstić information content (AvgIpc) is 3.63. The molecule has 1 amide bonds. The minimum Gasteiger partial charge on any atom is -0.350 e. The van der Waals surface area contributed by atoms with Crippen LogP contribution in [0.4, 0.5) is 19.0 Å². The first-order valence-electron chi connectivity index (χ1n) is 15.6. The molecule has 3 fully saturated rings. The van der Waals surface area contributed by atoms with E-state index in [1.807, 2.05) is 11.8 Å². The van der Waals surface area contributed by atoms with Gasteiger partial charge in [0.05, 0.1) is 16.1 Å². The van der Waals surface area contributed by atoms with Gasteiger partial charge in [-0.25, -0.2) is 18.0 Å². The summed E-state index contributed by atoms with van der Waals surface area (Å²) in [5, 5.41) is 0.684. The van der Waals surface area contributed by atoms with Crippen LogP contribution in [0.3, 0.4) is 0 Å². The first kappa shape index (κ1) is 30.6. The highest BCUT2D eigenvalue weighted by Crippen LogP contribution is 2.49. The maximum Gasteiger partial charge on any atom is 0.350 e. The molecule has 2 aromatic carbocycles. The van der Waals surface area contributed by atoms with Gasteiger partial charge in [0.25, 0.3) is 0 Å². The number of halogens is 4. The molecule has 2 saturated heterocycles. The number of likely N-dealkylation sites (tertiary alicyclic amines) is 1. The molecule has 12 heteroatoms. The van der Waals surface area contributed by atoms with Crippen molar-refractivity contribution in [1.29, 1.82) is 0 Å². The van der Waals surface area contributed by atoms with Gasteiger partial charge in [0.2, 0.25) is 5.91 Å². The summed E-state index contributed by atoms with van der Waals surface area (Å²) in [4.78, 5) is 37.6. The number of nitrogens with zero attached hydrogens (tertiary/aromatic N) is 5. The van der Waals surface area contributed by atoms with Crippen molar-refractivity contribution in [2.24, 2.45) is 5.92 Å². The Labute approximate surface area is 269 Å². The van der Waals surface area contributed by atoms with Crippen LogP contribution >= 0.6 is 23.4 Å². The molecule has 0 radical (unpaired) electrons. The topological polar surface area (TPSA) is 61.7 Å². The van der Waals surface area contributed by atoms with Crippen molar-refractivity contribution in [3.05, 3.63) is 63.8 Å². The largest absolute Gasteiger partial charge is 0.350 e. The number of fused-ring (bicyclic) bond motifs is 2. The molecule has 1 saturated carbocycles. The van der Waals surface area contributed by atoms with Crippen molar-refractivity contribution in [1.82, 2.24) is 19.4 Å². The predicted octanol–water partition coefficient (Wildman–Crippen LogP) is 6.27. The summed E-state index contributed by atoms with van der Waals surface area (Å²) in [6.45, 7) is 8.93. The zero-order valence-corrected chi connectivity index (χ0v) is 26.6. The summed E-state index contributed by atoms with van der Waals surface area (Å²) >= 11 is 8.25. The number of anilines is 1. The second-order valence-electron chi connectivity index (χ2n) is 12.8. The van der Waals surface area contributed by atoms with Crippen molar-refractivity contribution in [3.63, 3.8) is 0 Å². The van der Waals surface area contributed by atoms with Gasteiger partial charge in [0.1, 0.15) is 23.3 Å². The van der Waals surface area contributed by atoms with Gasteiger partial charge in [0.15, 0.2) is 0 Å². The Morgan fingerprint density at radius 1 is 1.13 bits per heavy atom. The van der Waals surface area contributed by atoms with E-state index in [0.717, 1.165) is 31.8 Å². The lowest BCUT2D eigenvalue weighted by atomic mass is 10.00. The van der Waals surface area contributed by atoms with Gasteiger partial charge < -0.3 is 14.7 Å². The third kappa shape index (κ3) is 5.34. The number of carbonyl (C=O) groups is 1. The number of rotatable bonds is 7. The third-order valence-electron chi connectivity index (χ3n) is 10.0. The molecule has 0 spiro atoms. The molecular formula is C33H35ClF3N5O2S. The Morgan fingerprint density at radius 2 is 1.91 bits per heavy atom. The van der Waals surface area contributed by atoms with Crippen molar-refractivity contribution < 1.29 is 18.0 Å². The van der Waals surface area contributed by atoms with Crippen LogP contribution in [0, 0.1) is 23.4 Å². The monoisotopic (exact) mass is 657 g/mol. The van der Waals surface area contributed by atoms with E-state index < -0.39 is 28.7 Å². The number of hydrogen-bond acceptors (Lipinski definition) is 6. The van der Waals surface area contributed by atoms with Crippen LogP contribution in [0.1, 0.15) is 45.1 Å². The van der Waals surface area contributed by atoms with E-state index in [1.165, 1.54) is 37.1 Å². The number of hydrogen-bond donors (Lipinski definition) is 0. The van der Waals surface area contributed by atoms with Crippen molar-refractivity contribution in [2.45, 2.75) is 62.0 Å². The van der Waals surface area contributed by atoms with E-state index >= 15 is 8.78 Å². The van der Waals surface area contributed by atoms with Crippen molar-refractivity contribution in [3.8, 4) is 11.1 Å². The lowest BCUT2D eigenvalue weighted by molar-refractivity contribution is -0.126. The van der Waals surface area contributed by atoms with Crippen LogP contribution in [0.2, 0.25) is 5.02 Å². The number of thioether (sulfide) groups is 1. The fraction of sp³-hybridized carbons (Fsp3) is 0.485. The van der Waals surface area contributed by atoms with Crippen LogP contribution in [-0.4, -0.2) is 75.8 Å². The summed E-state index contributed by atoms with van der Waals surface area (Å²) in [5.74, 6) is -1.58. The Hall–Kier alpha value is -3.02. The number of piperazine rings is 1. The number of carbonyl (C=O) groups excluding carboxylic acids is 1. The van der Waals surface area contributed by atoms with Gasteiger partial charge in [-0.1, -0.05) is 18.2 Å². The Balaban J connectivity index is 1.32. The molecule has 3 aliphatic heterocycles. The zero-order chi connectivity index (χ0) is 31.6. The normalized spacial score (nSPS) is 24.6. The first-order chi connectivity index (χ1) is 21.6. The lowest BCUT2D eigenvalue weighted by Gasteiger charge is -2.41. The van der Waals surface area contributed by atoms with E-state index in [1.54, 1.807) is 15.5 Å². The molecule has 238 valence electrons. The van der Waals surface area contributed by atoms with E-state index in [-0.39, 0.29) is 28.6 Å². The average molecular weight is 658 g/mol. The molecule has 1 aliphatic carbocycles. The minimum absolute atomic E-state index is 0.0818. The fourth-order valence-electron chi connectivity index (χ4n) is 7.94. The maximum atomic E-state index is 15.2. The standard InChI is InChI=1S/C33H35ClF3N5O2S/c1-3-27(43)40-9-10-41(18(2)15-40)32-23-14-24(34)28(29-25(36)12-20(35)13-26(29)37)31-30(23)42(33(44)38-32)22(17-45-31)5-4-8-39-16-19-6-7-21(39)11-19/h3,12-14,18-19,21-22H,1,4-11,15-17H2,2H3/t18-,19-,21+,22-/m0/s1. The Bertz CT molecular complexity index is 1750. The molecule has 1 aromatic heterocycles. The second-order valence-corrected chi connectivity index (χ2v) is 14.2. The van der Waals surface area contributed by atoms with Crippen LogP contribution < -0.4 is 10.6 Å². The summed E-state index contributed by atoms with van der Waals surface area (Å²) in [7, 11) is 0. The zero-order valence-electron chi connectivity index (χ0n) is 25.1. The molecule has 4 heterocycles. The summed E-state index contributed by atoms with van der Waals surface area (Å²) in [6, 6.07) is 3.22. The molecule has 45 heavy (non-hydrogen) atoms. The number of amides is 1. The van der Waals surface area contributed by atoms with E-state index in [4.69, 9.17) is 11.6 Å². The fourth-order valence-corrected chi connectivity index (χ4v) is 9.67. The third-order valence-corrected chi connectivity index (χ3v) is 11.6. The highest BCUT2D eigenvalue weighted by molar-refractivity contribution is 7.99. The second kappa shape index (κ2) is 12.0. The number of benzene rings is 2. The van der Waals surface area contributed by atoms with Crippen molar-refractivity contribution >= 4 is 46.0 Å². The molecule has 2 bridgehead atoms. The predicted molar refractivity (Wildman–Crippen MR) is 172 cm³/mol. The van der Waals surface area contributed by atoms with Gasteiger partial charge in [-0.3, -0.25) is 9.36 Å². The van der Waals surface area contributed by atoms with Gasteiger partial charge in [-0.15, -0.1) is 11.8 Å². The maximum absolute atomic E-state index is 15.2. The SMILES string of the molecule is C=CC(=O)N1CCN(c2nc(=O)n3c4c(c(-c5c(F)cc(F)cc5F)c(Cl)cc24)SC[C@@H]3CCCN2C[C@H]3CC[C@@H]2C3)[C@@H](C)C1. The quantitative estimate of drug-likeness (QED) is 0.279. The van der Waals surface area contributed by atoms with Gasteiger partial charge in [-0.2, -0.15) is 4.98 Å². The van der Waals surface area contributed by atoms with Gasteiger partial charge in [-0.05, 0) is 63.6 Å². The molecule has 7 nitrogen and oxygen atoms in total. The molecule has 4 aliphatic rings. The Morgan fingerprint density at radius 3 is 2.58 bits per heavy atom. The van der Waals surface area contributed by atoms with Crippen LogP contribution in [0.5, 0.6) is 0 Å². The van der Waals surface area contributed by atoms with Crippen LogP contribution in [0.25, 0.3) is 22.0 Å². The molecule has 0 N–H and O–H groups in total. The Kier molecular flexibility index (Phi) is 8.14. The van der Waals surface area contributed by atoms with Crippen LogP contribution in [0.15, 0.2) is 40.5 Å². The highest BCUT2D eigenvalue weighted by atomic mass is 35.5. The van der Waals surface area contributed by atoms with Crippen LogP contribution in [-0.2, 0) is 4.79 Å². The van der Waals surface area contributed by atoms with E-state index in [9.17, 15) is 14.0 Å². The first-order valence-corrected chi connectivity index (χ1v) is 17.0. The molecule has 0 unspecified atom stereocenters. The highest BCUT2D eigenvalue weighted by Gasteiger charge is 2.38. The van der Waals surface area contributed by atoms with E-state index in [2.05, 4.69) is 16.5 Å². The number of piperidine rings is 1. The smallest absolute Gasteiger partial charge is 0.350 e. The summed E-state index contributed by atoms with van der Waals surface area (Å²) < 4.78 is 46.0. The van der Waals surface area contributed by atoms with Gasteiger partial charge >= 0.3 is 5.69 Å². The summed E-state index contributed by atoms with van der Waals surface area (Å²) in [6.07, 6.45) is 6.82. The summed E-state index contributed by atoms with van der Waals surface area (Å²) in [5.41, 5.74) is -0.216. The lowest BCUT2D eigenvalue weighted by Crippen LogP contribution is -2.54. The minimum atomic E-state index is -1.06. The number of aromatic nitrogens is 2. The molecule has 4 atom stereocenters. The van der Waals surface area contributed by atoms with Gasteiger partial charge in [0, 0.05) is 78.0 Å². The van der Waals surface area contributed by atoms with Crippen molar-refractivity contribution in [2.75, 3.05) is 43.4 Å².